The molecule has 3 nitrogen and oxygen atoms in total. The topological polar surface area (TPSA) is 40.5 Å². The first-order valence-electron chi connectivity index (χ1n) is 8.45. The van der Waals surface area contributed by atoms with Gasteiger partial charge in [0.15, 0.2) is 0 Å². The number of benzene rings is 2. The average molecular weight is 339 g/mol. The van der Waals surface area contributed by atoms with E-state index in [-0.39, 0.29) is 16.9 Å². The van der Waals surface area contributed by atoms with Crippen molar-refractivity contribution in [3.63, 3.8) is 0 Å². The van der Waals surface area contributed by atoms with Crippen LogP contribution < -0.4 is 0 Å². The minimum atomic E-state index is -0.000449. The van der Waals surface area contributed by atoms with Gasteiger partial charge in [0.1, 0.15) is 5.75 Å². The molecule has 4 rings (SSSR count). The second-order valence-electron chi connectivity index (χ2n) is 6.79. The predicted octanol–water partition coefficient (Wildman–Crippen LogP) is 3.91. The summed E-state index contributed by atoms with van der Waals surface area (Å²) in [7, 11) is 0. The summed E-state index contributed by atoms with van der Waals surface area (Å²) in [5.74, 6) is 0.518. The molecule has 1 aliphatic carbocycles. The van der Waals surface area contributed by atoms with Gasteiger partial charge in [-0.1, -0.05) is 29.8 Å². The first-order valence-corrected chi connectivity index (χ1v) is 9.33. The fraction of sp³-hybridized carbons (Fsp3) is 0.350. The Kier molecular flexibility index (Phi) is 4.01. The highest BCUT2D eigenvalue weighted by Gasteiger charge is 2.38. The number of hydrogen-bond donors (Lipinski definition) is 1. The van der Waals surface area contributed by atoms with E-state index in [4.69, 9.17) is 0 Å². The van der Waals surface area contributed by atoms with Crippen molar-refractivity contribution >= 4 is 17.7 Å². The van der Waals surface area contributed by atoms with E-state index in [1.54, 1.807) is 23.9 Å². The maximum atomic E-state index is 13.1. The molecular weight excluding hydrogens is 318 g/mol. The monoisotopic (exact) mass is 339 g/mol. The molecule has 0 spiro atoms. The second kappa shape index (κ2) is 6.17. The molecule has 1 N–H and O–H groups in total. The maximum absolute atomic E-state index is 13.1. The summed E-state index contributed by atoms with van der Waals surface area (Å²) in [6.07, 6.45) is 3.04. The summed E-state index contributed by atoms with van der Waals surface area (Å²) in [6, 6.07) is 14.0. The Labute approximate surface area is 146 Å². The van der Waals surface area contributed by atoms with Crippen molar-refractivity contribution in [3.05, 3.63) is 59.2 Å². The van der Waals surface area contributed by atoms with Gasteiger partial charge < -0.3 is 10.0 Å². The molecule has 0 aromatic heterocycles. The van der Waals surface area contributed by atoms with Gasteiger partial charge in [-0.25, -0.2) is 0 Å². The summed E-state index contributed by atoms with van der Waals surface area (Å²) in [4.78, 5) is 16.4. The third-order valence-corrected chi connectivity index (χ3v) is 6.02. The molecule has 1 heterocycles. The fourth-order valence-electron chi connectivity index (χ4n) is 3.23. The van der Waals surface area contributed by atoms with Gasteiger partial charge in [-0.2, -0.15) is 0 Å². The van der Waals surface area contributed by atoms with Gasteiger partial charge in [-0.05, 0) is 55.5 Å². The lowest BCUT2D eigenvalue weighted by molar-refractivity contribution is -0.131. The van der Waals surface area contributed by atoms with Gasteiger partial charge in [0.2, 0.25) is 5.91 Å². The van der Waals surface area contributed by atoms with Crippen LogP contribution >= 0.6 is 11.8 Å². The van der Waals surface area contributed by atoms with Crippen LogP contribution in [0.25, 0.3) is 0 Å². The van der Waals surface area contributed by atoms with Gasteiger partial charge in [-0.3, -0.25) is 4.79 Å². The zero-order chi connectivity index (χ0) is 16.7. The van der Waals surface area contributed by atoms with E-state index in [1.165, 1.54) is 16.0 Å². The van der Waals surface area contributed by atoms with Crippen LogP contribution in [0.2, 0.25) is 0 Å². The molecule has 1 aliphatic heterocycles. The normalized spacial score (nSPS) is 19.1. The van der Waals surface area contributed by atoms with Crippen molar-refractivity contribution in [2.75, 3.05) is 0 Å². The zero-order valence-electron chi connectivity index (χ0n) is 13.7. The third kappa shape index (κ3) is 3.16. The quantitative estimate of drug-likeness (QED) is 0.918. The number of aromatic hydroxyl groups is 1. The van der Waals surface area contributed by atoms with E-state index in [9.17, 15) is 9.90 Å². The third-order valence-electron chi connectivity index (χ3n) is 4.73. The number of amides is 1. The Morgan fingerprint density at radius 3 is 2.67 bits per heavy atom. The Balaban J connectivity index is 1.50. The van der Waals surface area contributed by atoms with E-state index in [0.29, 0.717) is 12.6 Å². The van der Waals surface area contributed by atoms with E-state index >= 15 is 0 Å². The molecular formula is C20H21NO2S. The first kappa shape index (κ1) is 15.6. The van der Waals surface area contributed by atoms with Crippen molar-refractivity contribution in [1.82, 2.24) is 4.90 Å². The number of rotatable bonds is 4. The molecule has 1 fully saturated rings. The average Bonchev–Trinajstić information content (AvgIpc) is 3.32. The summed E-state index contributed by atoms with van der Waals surface area (Å²) in [5.41, 5.74) is 3.62. The van der Waals surface area contributed by atoms with E-state index < -0.39 is 0 Å². The van der Waals surface area contributed by atoms with E-state index in [1.807, 2.05) is 17.0 Å². The number of carbonyl (C=O) groups is 1. The summed E-state index contributed by atoms with van der Waals surface area (Å²) >= 11 is 1.71. The van der Waals surface area contributed by atoms with Crippen LogP contribution in [0.1, 0.15) is 29.5 Å². The molecule has 2 aromatic carbocycles. The smallest absolute Gasteiger partial charge is 0.236 e. The number of hydrogen-bond acceptors (Lipinski definition) is 3. The van der Waals surface area contributed by atoms with Crippen LogP contribution in [0.5, 0.6) is 5.75 Å². The Morgan fingerprint density at radius 1 is 1.21 bits per heavy atom. The number of phenolic OH excluding ortho intramolecular Hbond substituents is 1. The Bertz CT molecular complexity index is 768. The summed E-state index contributed by atoms with van der Waals surface area (Å²) in [5, 5.41) is 9.43. The molecule has 24 heavy (non-hydrogen) atoms. The molecule has 124 valence electrons. The van der Waals surface area contributed by atoms with Crippen LogP contribution in [0, 0.1) is 6.92 Å². The highest BCUT2D eigenvalue weighted by molar-refractivity contribution is 8.01. The van der Waals surface area contributed by atoms with Gasteiger partial charge >= 0.3 is 0 Å². The lowest BCUT2D eigenvalue weighted by Crippen LogP contribution is -2.38. The number of carbonyl (C=O) groups excluding carboxylic acids is 1. The fourth-order valence-corrected chi connectivity index (χ4v) is 4.59. The summed E-state index contributed by atoms with van der Waals surface area (Å²) < 4.78 is 0. The van der Waals surface area contributed by atoms with Crippen LogP contribution in [-0.4, -0.2) is 27.2 Å². The SMILES string of the molecule is Cc1ccc2c(c1)S[C@H](C(=O)N(Cc1ccc(O)cc1)C1CC1)C2. The molecule has 4 heteroatoms. The van der Waals surface area contributed by atoms with Crippen molar-refractivity contribution in [1.29, 1.82) is 0 Å². The van der Waals surface area contributed by atoms with Gasteiger partial charge in [-0.15, -0.1) is 11.8 Å². The number of phenols is 1. The van der Waals surface area contributed by atoms with Crippen molar-refractivity contribution in [3.8, 4) is 5.75 Å². The minimum absolute atomic E-state index is 0.000449. The lowest BCUT2D eigenvalue weighted by atomic mass is 10.1. The molecule has 0 saturated heterocycles. The van der Waals surface area contributed by atoms with Gasteiger partial charge in [0.05, 0.1) is 5.25 Å². The molecule has 0 bridgehead atoms. The number of aryl methyl sites for hydroxylation is 1. The van der Waals surface area contributed by atoms with Gasteiger partial charge in [0.25, 0.3) is 0 Å². The molecule has 2 aromatic rings. The van der Waals surface area contributed by atoms with E-state index in [2.05, 4.69) is 25.1 Å². The van der Waals surface area contributed by atoms with Crippen LogP contribution in [-0.2, 0) is 17.8 Å². The first-order chi connectivity index (χ1) is 11.6. The maximum Gasteiger partial charge on any atom is 0.236 e. The summed E-state index contributed by atoms with van der Waals surface area (Å²) in [6.45, 7) is 2.73. The lowest BCUT2D eigenvalue weighted by Gasteiger charge is -2.25. The highest BCUT2D eigenvalue weighted by atomic mass is 32.2. The Hall–Kier alpha value is -1.94. The molecule has 0 radical (unpaired) electrons. The van der Waals surface area contributed by atoms with Crippen LogP contribution in [0.3, 0.4) is 0 Å². The molecule has 2 aliphatic rings. The van der Waals surface area contributed by atoms with E-state index in [0.717, 1.165) is 24.8 Å². The number of nitrogens with zero attached hydrogens (tertiary/aromatic N) is 1. The van der Waals surface area contributed by atoms with Gasteiger partial charge in [0, 0.05) is 17.5 Å². The number of thioether (sulfide) groups is 1. The van der Waals surface area contributed by atoms with Crippen LogP contribution in [0.4, 0.5) is 0 Å². The van der Waals surface area contributed by atoms with Crippen LogP contribution in [0.15, 0.2) is 47.4 Å². The zero-order valence-corrected chi connectivity index (χ0v) is 14.6. The van der Waals surface area contributed by atoms with Crippen molar-refractivity contribution in [2.45, 2.75) is 48.9 Å². The highest BCUT2D eigenvalue weighted by Crippen LogP contribution is 2.40. The molecule has 0 unspecified atom stereocenters. The standard InChI is InChI=1S/C20H21NO2S/c1-13-2-5-15-11-19(24-18(15)10-13)20(23)21(16-6-7-16)12-14-3-8-17(22)9-4-14/h2-5,8-10,16,19,22H,6-7,11-12H2,1H3/t19-/m0/s1. The predicted molar refractivity (Wildman–Crippen MR) is 96.2 cm³/mol. The molecule has 1 atom stereocenters. The second-order valence-corrected chi connectivity index (χ2v) is 8.03. The molecule has 1 amide bonds. The Morgan fingerprint density at radius 2 is 1.96 bits per heavy atom. The van der Waals surface area contributed by atoms with Crippen molar-refractivity contribution < 1.29 is 9.90 Å². The van der Waals surface area contributed by atoms with Crippen molar-refractivity contribution in [2.24, 2.45) is 0 Å². The largest absolute Gasteiger partial charge is 0.508 e. The molecule has 1 saturated carbocycles. The minimum Gasteiger partial charge on any atom is -0.508 e. The number of fused-ring (bicyclic) bond motifs is 1.